The van der Waals surface area contributed by atoms with Crippen LogP contribution in [0.3, 0.4) is 0 Å². The minimum Gasteiger partial charge on any atom is -0.340 e. The molecule has 1 amide bonds. The molecule has 0 aliphatic carbocycles. The van der Waals surface area contributed by atoms with Crippen molar-refractivity contribution in [2.24, 2.45) is 0 Å². The van der Waals surface area contributed by atoms with Crippen molar-refractivity contribution in [2.75, 3.05) is 18.4 Å². The molecule has 0 bridgehead atoms. The van der Waals surface area contributed by atoms with Gasteiger partial charge in [-0.1, -0.05) is 15.9 Å². The summed E-state index contributed by atoms with van der Waals surface area (Å²) in [5, 5.41) is 3.24. The highest BCUT2D eigenvalue weighted by atomic mass is 79.9. The normalized spacial score (nSPS) is 10.4. The van der Waals surface area contributed by atoms with Crippen molar-refractivity contribution in [1.29, 1.82) is 0 Å². The van der Waals surface area contributed by atoms with Crippen molar-refractivity contribution in [3.05, 3.63) is 52.1 Å². The highest BCUT2D eigenvalue weighted by Gasteiger charge is 2.12. The van der Waals surface area contributed by atoms with Gasteiger partial charge in [0.2, 0.25) is 0 Å². The second kappa shape index (κ2) is 7.40. The molecule has 1 N–H and O–H groups in total. The summed E-state index contributed by atoms with van der Waals surface area (Å²) in [5.74, 6) is 0.737. The van der Waals surface area contributed by atoms with E-state index in [9.17, 15) is 4.79 Å². The van der Waals surface area contributed by atoms with Gasteiger partial charge in [-0.25, -0.2) is 4.98 Å². The fourth-order valence-electron chi connectivity index (χ4n) is 2.16. The molecule has 0 unspecified atom stereocenters. The Morgan fingerprint density at radius 1 is 1.23 bits per heavy atom. The molecule has 2 aromatic rings. The van der Waals surface area contributed by atoms with Crippen LogP contribution in [0.15, 0.2) is 41.0 Å². The SMILES string of the molecule is CCN(CC)C(=O)c1ccc(Nc2ccc(Br)c(C)c2)nc1. The summed E-state index contributed by atoms with van der Waals surface area (Å²) in [6, 6.07) is 9.65. The summed E-state index contributed by atoms with van der Waals surface area (Å²) in [4.78, 5) is 18.3. The zero-order valence-corrected chi connectivity index (χ0v) is 14.6. The number of hydrogen-bond acceptors (Lipinski definition) is 3. The van der Waals surface area contributed by atoms with E-state index in [-0.39, 0.29) is 5.91 Å². The number of pyridine rings is 1. The van der Waals surface area contributed by atoms with Crippen molar-refractivity contribution >= 4 is 33.3 Å². The highest BCUT2D eigenvalue weighted by molar-refractivity contribution is 9.10. The fraction of sp³-hybridized carbons (Fsp3) is 0.294. The summed E-state index contributed by atoms with van der Waals surface area (Å²) in [7, 11) is 0. The Kier molecular flexibility index (Phi) is 5.55. The van der Waals surface area contributed by atoms with E-state index in [2.05, 4.69) is 26.2 Å². The molecule has 0 saturated carbocycles. The van der Waals surface area contributed by atoms with E-state index in [0.717, 1.165) is 21.5 Å². The Morgan fingerprint density at radius 3 is 2.50 bits per heavy atom. The molecule has 0 aliphatic rings. The monoisotopic (exact) mass is 361 g/mol. The lowest BCUT2D eigenvalue weighted by atomic mass is 10.2. The Labute approximate surface area is 139 Å². The van der Waals surface area contributed by atoms with Crippen LogP contribution >= 0.6 is 15.9 Å². The van der Waals surface area contributed by atoms with Crippen LogP contribution in [0.4, 0.5) is 11.5 Å². The number of hydrogen-bond donors (Lipinski definition) is 1. The van der Waals surface area contributed by atoms with Gasteiger partial charge in [0, 0.05) is 29.4 Å². The topological polar surface area (TPSA) is 45.2 Å². The zero-order valence-electron chi connectivity index (χ0n) is 13.1. The smallest absolute Gasteiger partial charge is 0.255 e. The van der Waals surface area contributed by atoms with Crippen LogP contribution < -0.4 is 5.32 Å². The van der Waals surface area contributed by atoms with Crippen molar-refractivity contribution in [3.8, 4) is 0 Å². The van der Waals surface area contributed by atoms with Crippen molar-refractivity contribution < 1.29 is 4.79 Å². The van der Waals surface area contributed by atoms with Gasteiger partial charge < -0.3 is 10.2 Å². The van der Waals surface area contributed by atoms with Gasteiger partial charge in [0.05, 0.1) is 5.56 Å². The van der Waals surface area contributed by atoms with Gasteiger partial charge in [-0.15, -0.1) is 0 Å². The number of benzene rings is 1. The van der Waals surface area contributed by atoms with E-state index in [1.165, 1.54) is 0 Å². The molecule has 2 rings (SSSR count). The maximum absolute atomic E-state index is 12.2. The molecule has 0 spiro atoms. The standard InChI is InChI=1S/C17H20BrN3O/c1-4-21(5-2)17(22)13-6-9-16(19-11-13)20-14-7-8-15(18)12(3)10-14/h6-11H,4-5H2,1-3H3,(H,19,20). The Morgan fingerprint density at radius 2 is 1.95 bits per heavy atom. The zero-order chi connectivity index (χ0) is 16.1. The first-order valence-corrected chi connectivity index (χ1v) is 8.13. The van der Waals surface area contributed by atoms with Gasteiger partial charge in [-0.05, 0) is 56.7 Å². The van der Waals surface area contributed by atoms with Crippen LogP contribution in [0.2, 0.25) is 0 Å². The van der Waals surface area contributed by atoms with Crippen LogP contribution in [0.5, 0.6) is 0 Å². The van der Waals surface area contributed by atoms with Gasteiger partial charge in [0.1, 0.15) is 5.82 Å². The molecule has 0 fully saturated rings. The Bertz CT molecular complexity index is 651. The minimum atomic E-state index is 0.0172. The first-order valence-electron chi connectivity index (χ1n) is 7.33. The number of nitrogens with zero attached hydrogens (tertiary/aromatic N) is 2. The average Bonchev–Trinajstić information content (AvgIpc) is 2.53. The molecule has 0 aliphatic heterocycles. The number of carbonyl (C=O) groups is 1. The molecular formula is C17H20BrN3O. The average molecular weight is 362 g/mol. The minimum absolute atomic E-state index is 0.0172. The molecule has 0 radical (unpaired) electrons. The van der Waals surface area contributed by atoms with E-state index in [4.69, 9.17) is 0 Å². The number of amides is 1. The fourth-order valence-corrected chi connectivity index (χ4v) is 2.40. The number of rotatable bonds is 5. The van der Waals surface area contributed by atoms with Crippen molar-refractivity contribution in [2.45, 2.75) is 20.8 Å². The highest BCUT2D eigenvalue weighted by Crippen LogP contribution is 2.22. The molecule has 116 valence electrons. The largest absolute Gasteiger partial charge is 0.340 e. The van der Waals surface area contributed by atoms with E-state index < -0.39 is 0 Å². The van der Waals surface area contributed by atoms with Crippen LogP contribution in [-0.2, 0) is 0 Å². The van der Waals surface area contributed by atoms with Gasteiger partial charge in [-0.2, -0.15) is 0 Å². The molecule has 1 heterocycles. The van der Waals surface area contributed by atoms with E-state index in [1.54, 1.807) is 11.1 Å². The van der Waals surface area contributed by atoms with Crippen LogP contribution in [0.1, 0.15) is 29.8 Å². The molecule has 1 aromatic heterocycles. The second-order valence-corrected chi connectivity index (χ2v) is 5.85. The predicted molar refractivity (Wildman–Crippen MR) is 93.7 cm³/mol. The van der Waals surface area contributed by atoms with Crippen LogP contribution in [0, 0.1) is 6.92 Å². The number of aromatic nitrogens is 1. The number of aryl methyl sites for hydroxylation is 1. The third-order valence-corrected chi connectivity index (χ3v) is 4.38. The van der Waals surface area contributed by atoms with Crippen LogP contribution in [-0.4, -0.2) is 28.9 Å². The summed E-state index contributed by atoms with van der Waals surface area (Å²) in [6.45, 7) is 7.39. The third kappa shape index (κ3) is 3.85. The van der Waals surface area contributed by atoms with E-state index >= 15 is 0 Å². The molecule has 0 saturated heterocycles. The molecule has 5 heteroatoms. The number of anilines is 2. The third-order valence-electron chi connectivity index (χ3n) is 3.49. The Balaban J connectivity index is 2.11. The summed E-state index contributed by atoms with van der Waals surface area (Å²) in [5.41, 5.74) is 2.73. The maximum Gasteiger partial charge on any atom is 0.255 e. The van der Waals surface area contributed by atoms with E-state index in [1.807, 2.05) is 51.1 Å². The molecule has 0 atom stereocenters. The molecule has 22 heavy (non-hydrogen) atoms. The van der Waals surface area contributed by atoms with Gasteiger partial charge >= 0.3 is 0 Å². The van der Waals surface area contributed by atoms with Crippen LogP contribution in [0.25, 0.3) is 0 Å². The van der Waals surface area contributed by atoms with Crippen molar-refractivity contribution in [1.82, 2.24) is 9.88 Å². The Hall–Kier alpha value is -1.88. The van der Waals surface area contributed by atoms with Gasteiger partial charge in [0.25, 0.3) is 5.91 Å². The lowest BCUT2D eigenvalue weighted by Gasteiger charge is -2.18. The first kappa shape index (κ1) is 16.5. The maximum atomic E-state index is 12.2. The first-order chi connectivity index (χ1) is 10.5. The quantitative estimate of drug-likeness (QED) is 0.859. The summed E-state index contributed by atoms with van der Waals surface area (Å²) >= 11 is 3.48. The molecular weight excluding hydrogens is 342 g/mol. The van der Waals surface area contributed by atoms with Gasteiger partial charge in [-0.3, -0.25) is 4.79 Å². The number of nitrogens with one attached hydrogen (secondary N) is 1. The number of carbonyl (C=O) groups excluding carboxylic acids is 1. The predicted octanol–water partition coefficient (Wildman–Crippen LogP) is 4.38. The second-order valence-electron chi connectivity index (χ2n) is 5.00. The molecule has 4 nitrogen and oxygen atoms in total. The molecule has 1 aromatic carbocycles. The summed E-state index contributed by atoms with van der Waals surface area (Å²) in [6.07, 6.45) is 1.62. The number of halogens is 1. The summed E-state index contributed by atoms with van der Waals surface area (Å²) < 4.78 is 1.08. The van der Waals surface area contributed by atoms with E-state index in [0.29, 0.717) is 18.7 Å². The lowest BCUT2D eigenvalue weighted by Crippen LogP contribution is -2.30. The van der Waals surface area contributed by atoms with Crippen molar-refractivity contribution in [3.63, 3.8) is 0 Å². The lowest BCUT2D eigenvalue weighted by molar-refractivity contribution is 0.0772. The van der Waals surface area contributed by atoms with Gasteiger partial charge in [0.15, 0.2) is 0 Å².